The second-order valence-electron chi connectivity index (χ2n) is 6.45. The largest absolute Gasteiger partial charge is 0.355 e. The van der Waals surface area contributed by atoms with Crippen LogP contribution in [0.5, 0.6) is 0 Å². The van der Waals surface area contributed by atoms with Crippen LogP contribution >= 0.6 is 0 Å². The van der Waals surface area contributed by atoms with Crippen LogP contribution in [0.15, 0.2) is 66.7 Å². The van der Waals surface area contributed by atoms with E-state index in [2.05, 4.69) is 74.6 Å². The maximum atomic E-state index is 3.53. The molecule has 0 aliphatic heterocycles. The summed E-state index contributed by atoms with van der Waals surface area (Å²) in [5, 5.41) is 6.12. The van der Waals surface area contributed by atoms with Crippen molar-refractivity contribution in [3.05, 3.63) is 72.3 Å². The Bertz CT molecular complexity index is 752. The molecule has 0 radical (unpaired) electrons. The second-order valence-corrected chi connectivity index (χ2v) is 6.45. The highest BCUT2D eigenvalue weighted by molar-refractivity contribution is 5.98. The number of rotatable bonds is 2. The molecule has 3 aromatic carbocycles. The Morgan fingerprint density at radius 2 is 1.29 bits per heavy atom. The van der Waals surface area contributed by atoms with E-state index in [4.69, 9.17) is 0 Å². The topological polar surface area (TPSA) is 12.0 Å². The lowest BCUT2D eigenvalue weighted by atomic mass is 9.83. The van der Waals surface area contributed by atoms with Gasteiger partial charge in [0, 0.05) is 16.8 Å². The fraction of sp³-hybridized carbons (Fsp3) is 0.200. The Morgan fingerprint density at radius 1 is 0.667 bits per heavy atom. The molecule has 0 heterocycles. The molecular weight excluding hydrogens is 254 g/mol. The first-order valence-corrected chi connectivity index (χ1v) is 7.40. The predicted octanol–water partition coefficient (Wildman–Crippen LogP) is 5.88. The summed E-state index contributed by atoms with van der Waals surface area (Å²) in [6.07, 6.45) is 0. The smallest absolute Gasteiger partial charge is 0.0464 e. The number of para-hydroxylation sites is 1. The third kappa shape index (κ3) is 2.78. The van der Waals surface area contributed by atoms with Crippen LogP contribution in [0, 0.1) is 0 Å². The predicted molar refractivity (Wildman–Crippen MR) is 92.4 cm³/mol. The van der Waals surface area contributed by atoms with Crippen LogP contribution < -0.4 is 5.32 Å². The van der Waals surface area contributed by atoms with Gasteiger partial charge in [0.1, 0.15) is 0 Å². The first kappa shape index (κ1) is 13.7. The van der Waals surface area contributed by atoms with Crippen molar-refractivity contribution in [3.63, 3.8) is 0 Å². The van der Waals surface area contributed by atoms with Crippen LogP contribution in [-0.4, -0.2) is 0 Å². The Labute approximate surface area is 126 Å². The van der Waals surface area contributed by atoms with E-state index in [1.807, 2.05) is 18.2 Å². The van der Waals surface area contributed by atoms with Gasteiger partial charge in [0.15, 0.2) is 0 Å². The summed E-state index contributed by atoms with van der Waals surface area (Å²) in [5.41, 5.74) is 3.80. The number of benzene rings is 3. The number of anilines is 2. The van der Waals surface area contributed by atoms with Crippen LogP contribution in [0.2, 0.25) is 0 Å². The fourth-order valence-corrected chi connectivity index (χ4v) is 2.74. The molecular formula is C20H21N. The number of hydrogen-bond donors (Lipinski definition) is 1. The van der Waals surface area contributed by atoms with Gasteiger partial charge in [-0.25, -0.2) is 0 Å². The van der Waals surface area contributed by atoms with Crippen molar-refractivity contribution in [2.45, 2.75) is 26.2 Å². The van der Waals surface area contributed by atoms with Crippen molar-refractivity contribution >= 4 is 22.1 Å². The maximum absolute atomic E-state index is 3.53. The van der Waals surface area contributed by atoms with Gasteiger partial charge >= 0.3 is 0 Å². The van der Waals surface area contributed by atoms with Gasteiger partial charge in [-0.15, -0.1) is 0 Å². The van der Waals surface area contributed by atoms with Gasteiger partial charge in [0.05, 0.1) is 0 Å². The van der Waals surface area contributed by atoms with E-state index >= 15 is 0 Å². The zero-order chi connectivity index (χ0) is 14.9. The standard InChI is InChI=1S/C20H21N/c1-20(2,3)18-13-14-19(17-12-8-7-11-16(17)18)21-15-9-5-4-6-10-15/h4-14,21H,1-3H3. The fourth-order valence-electron chi connectivity index (χ4n) is 2.74. The van der Waals surface area contributed by atoms with E-state index in [0.717, 1.165) is 11.4 Å². The summed E-state index contributed by atoms with van der Waals surface area (Å²) in [4.78, 5) is 0. The third-order valence-electron chi connectivity index (χ3n) is 3.78. The van der Waals surface area contributed by atoms with Crippen LogP contribution in [0.3, 0.4) is 0 Å². The average molecular weight is 275 g/mol. The molecule has 0 bridgehead atoms. The second kappa shape index (κ2) is 5.25. The number of fused-ring (bicyclic) bond motifs is 1. The lowest BCUT2D eigenvalue weighted by molar-refractivity contribution is 0.596. The highest BCUT2D eigenvalue weighted by Crippen LogP contribution is 2.34. The minimum Gasteiger partial charge on any atom is -0.355 e. The Morgan fingerprint density at radius 3 is 1.95 bits per heavy atom. The molecule has 0 aromatic heterocycles. The molecule has 106 valence electrons. The first-order valence-electron chi connectivity index (χ1n) is 7.40. The molecule has 3 aromatic rings. The van der Waals surface area contributed by atoms with E-state index in [1.54, 1.807) is 0 Å². The van der Waals surface area contributed by atoms with Gasteiger partial charge in [-0.3, -0.25) is 0 Å². The van der Waals surface area contributed by atoms with Gasteiger partial charge in [0.25, 0.3) is 0 Å². The van der Waals surface area contributed by atoms with Gasteiger partial charge in [-0.1, -0.05) is 69.3 Å². The summed E-state index contributed by atoms with van der Waals surface area (Å²) < 4.78 is 0. The van der Waals surface area contributed by atoms with E-state index in [9.17, 15) is 0 Å². The van der Waals surface area contributed by atoms with Gasteiger partial charge in [-0.2, -0.15) is 0 Å². The molecule has 21 heavy (non-hydrogen) atoms. The molecule has 1 nitrogen and oxygen atoms in total. The summed E-state index contributed by atoms with van der Waals surface area (Å²) in [6, 6.07) is 23.4. The highest BCUT2D eigenvalue weighted by Gasteiger charge is 2.17. The summed E-state index contributed by atoms with van der Waals surface area (Å²) >= 11 is 0. The van der Waals surface area contributed by atoms with Crippen molar-refractivity contribution < 1.29 is 0 Å². The van der Waals surface area contributed by atoms with Crippen LogP contribution in [-0.2, 0) is 5.41 Å². The molecule has 1 heteroatoms. The summed E-state index contributed by atoms with van der Waals surface area (Å²) in [5.74, 6) is 0. The lowest BCUT2D eigenvalue weighted by Gasteiger charge is -2.23. The Hall–Kier alpha value is -2.28. The van der Waals surface area contributed by atoms with Crippen LogP contribution in [0.4, 0.5) is 11.4 Å². The van der Waals surface area contributed by atoms with Gasteiger partial charge < -0.3 is 5.32 Å². The minimum atomic E-state index is 0.144. The van der Waals surface area contributed by atoms with E-state index < -0.39 is 0 Å². The van der Waals surface area contributed by atoms with Crippen molar-refractivity contribution in [2.24, 2.45) is 0 Å². The molecule has 0 spiro atoms. The Kier molecular flexibility index (Phi) is 3.42. The monoisotopic (exact) mass is 275 g/mol. The molecule has 0 saturated heterocycles. The first-order chi connectivity index (χ1) is 10.1. The molecule has 0 saturated carbocycles. The molecule has 0 amide bonds. The lowest BCUT2D eigenvalue weighted by Crippen LogP contribution is -2.11. The SMILES string of the molecule is CC(C)(C)c1ccc(Nc2ccccc2)c2ccccc12. The molecule has 0 aliphatic carbocycles. The van der Waals surface area contributed by atoms with Crippen LogP contribution in [0.1, 0.15) is 26.3 Å². The summed E-state index contributed by atoms with van der Waals surface area (Å²) in [7, 11) is 0. The molecule has 0 aliphatic rings. The van der Waals surface area contributed by atoms with Crippen LogP contribution in [0.25, 0.3) is 10.8 Å². The average Bonchev–Trinajstić information content (AvgIpc) is 2.47. The molecule has 0 fully saturated rings. The third-order valence-corrected chi connectivity index (χ3v) is 3.78. The minimum absolute atomic E-state index is 0.144. The molecule has 1 N–H and O–H groups in total. The maximum Gasteiger partial charge on any atom is 0.0464 e. The molecule has 0 unspecified atom stereocenters. The quantitative estimate of drug-likeness (QED) is 0.615. The van der Waals surface area contributed by atoms with Gasteiger partial charge in [0.2, 0.25) is 0 Å². The van der Waals surface area contributed by atoms with Crippen molar-refractivity contribution in [1.29, 1.82) is 0 Å². The van der Waals surface area contributed by atoms with E-state index in [1.165, 1.54) is 16.3 Å². The number of nitrogens with one attached hydrogen (secondary N) is 1. The van der Waals surface area contributed by atoms with Crippen molar-refractivity contribution in [2.75, 3.05) is 5.32 Å². The zero-order valence-electron chi connectivity index (χ0n) is 12.9. The molecule has 0 atom stereocenters. The summed E-state index contributed by atoms with van der Waals surface area (Å²) in [6.45, 7) is 6.79. The van der Waals surface area contributed by atoms with Crippen molar-refractivity contribution in [3.8, 4) is 0 Å². The Balaban J connectivity index is 2.14. The zero-order valence-corrected chi connectivity index (χ0v) is 12.9. The van der Waals surface area contributed by atoms with Crippen molar-refractivity contribution in [1.82, 2.24) is 0 Å². The normalized spacial score (nSPS) is 11.6. The number of hydrogen-bond acceptors (Lipinski definition) is 1. The highest BCUT2D eigenvalue weighted by atomic mass is 14.9. The van der Waals surface area contributed by atoms with E-state index in [-0.39, 0.29) is 5.41 Å². The van der Waals surface area contributed by atoms with E-state index in [0.29, 0.717) is 0 Å². The van der Waals surface area contributed by atoms with Gasteiger partial charge in [-0.05, 0) is 34.6 Å². The molecule has 3 rings (SSSR count).